The van der Waals surface area contributed by atoms with Crippen LogP contribution in [0.1, 0.15) is 80.6 Å². The van der Waals surface area contributed by atoms with Crippen LogP contribution in [-0.2, 0) is 18.3 Å². The van der Waals surface area contributed by atoms with E-state index in [2.05, 4.69) is 74.7 Å². The maximum Gasteiger partial charge on any atom is 0.192 e. The highest BCUT2D eigenvalue weighted by Crippen LogP contribution is 2.44. The Bertz CT molecular complexity index is 506. The Morgan fingerprint density at radius 3 is 1.60 bits per heavy atom. The van der Waals surface area contributed by atoms with E-state index in [1.54, 1.807) is 0 Å². The molecule has 0 bridgehead atoms. The predicted octanol–water partition coefficient (Wildman–Crippen LogP) is 7.11. The molecule has 1 aliphatic heterocycles. The molecule has 0 amide bonds. The normalized spacial score (nSPS) is 32.3. The summed E-state index contributed by atoms with van der Waals surface area (Å²) in [5.41, 5.74) is 0. The average Bonchev–Trinajstić information content (AvgIpc) is 2.57. The van der Waals surface area contributed by atoms with Crippen LogP contribution in [-0.4, -0.2) is 47.8 Å². The second-order valence-electron chi connectivity index (χ2n) is 12.7. The van der Waals surface area contributed by atoms with Gasteiger partial charge in [-0.3, -0.25) is 0 Å². The summed E-state index contributed by atoms with van der Waals surface area (Å²) in [7, 11) is -3.74. The van der Waals surface area contributed by atoms with E-state index in [0.717, 1.165) is 32.3 Å². The van der Waals surface area contributed by atoms with E-state index >= 15 is 0 Å². The fourth-order valence-corrected chi connectivity index (χ4v) is 6.69. The summed E-state index contributed by atoms with van der Waals surface area (Å²) in [6.07, 6.45) is 5.71. The Morgan fingerprint density at radius 2 is 1.23 bits per heavy atom. The molecule has 0 aromatic rings. The van der Waals surface area contributed by atoms with Crippen molar-refractivity contribution in [3.05, 3.63) is 0 Å². The van der Waals surface area contributed by atoms with Crippen molar-refractivity contribution in [3.63, 3.8) is 0 Å². The molecule has 0 spiro atoms. The molecular formula is C24H50O4Si2. The average molecular weight is 459 g/mol. The van der Waals surface area contributed by atoms with Crippen LogP contribution in [0.3, 0.4) is 0 Å². The van der Waals surface area contributed by atoms with Crippen molar-refractivity contribution in [3.8, 4) is 0 Å². The van der Waals surface area contributed by atoms with Crippen LogP contribution in [0.2, 0.25) is 36.3 Å². The smallest absolute Gasteiger partial charge is 0.192 e. The molecule has 0 aromatic carbocycles. The van der Waals surface area contributed by atoms with Gasteiger partial charge in [-0.25, -0.2) is 0 Å². The molecule has 178 valence electrons. The zero-order valence-electron chi connectivity index (χ0n) is 21.8. The fourth-order valence-electron chi connectivity index (χ4n) is 3.85. The molecule has 0 aromatic heterocycles. The SMILES string of the molecule is CC1[C@H](O[Si](C)(C)C(C)(C)C)CC(OC2CCCCO2)C[C@H]1O[Si](C)(C)C(C)(C)C. The van der Waals surface area contributed by atoms with Gasteiger partial charge >= 0.3 is 0 Å². The highest BCUT2D eigenvalue weighted by molar-refractivity contribution is 6.74. The number of rotatable bonds is 6. The van der Waals surface area contributed by atoms with Crippen molar-refractivity contribution >= 4 is 16.6 Å². The van der Waals surface area contributed by atoms with E-state index in [-0.39, 0.29) is 34.7 Å². The van der Waals surface area contributed by atoms with Crippen molar-refractivity contribution in [2.24, 2.45) is 5.92 Å². The van der Waals surface area contributed by atoms with Gasteiger partial charge in [0.1, 0.15) is 0 Å². The lowest BCUT2D eigenvalue weighted by Gasteiger charge is -2.49. The summed E-state index contributed by atoms with van der Waals surface area (Å²) >= 11 is 0. The minimum atomic E-state index is -1.87. The molecule has 1 unspecified atom stereocenters. The minimum absolute atomic E-state index is 0.0563. The molecule has 30 heavy (non-hydrogen) atoms. The minimum Gasteiger partial charge on any atom is -0.413 e. The van der Waals surface area contributed by atoms with Crippen LogP contribution in [0, 0.1) is 5.92 Å². The van der Waals surface area contributed by atoms with E-state index in [0.29, 0.717) is 5.92 Å². The summed E-state index contributed by atoms with van der Waals surface area (Å²) in [4.78, 5) is 0. The molecule has 2 aliphatic rings. The lowest BCUT2D eigenvalue weighted by atomic mass is 9.83. The first-order chi connectivity index (χ1) is 13.5. The molecule has 0 radical (unpaired) electrons. The van der Waals surface area contributed by atoms with E-state index in [9.17, 15) is 0 Å². The predicted molar refractivity (Wildman–Crippen MR) is 131 cm³/mol. The first-order valence-corrected chi connectivity index (χ1v) is 18.0. The molecule has 2 rings (SSSR count). The Hall–Kier alpha value is 0.274. The Morgan fingerprint density at radius 1 is 0.767 bits per heavy atom. The third-order valence-electron chi connectivity index (χ3n) is 8.15. The van der Waals surface area contributed by atoms with Crippen molar-refractivity contribution < 1.29 is 18.3 Å². The lowest BCUT2D eigenvalue weighted by Crippen LogP contribution is -2.55. The fraction of sp³-hybridized carbons (Fsp3) is 1.00. The van der Waals surface area contributed by atoms with E-state index < -0.39 is 16.6 Å². The van der Waals surface area contributed by atoms with Gasteiger partial charge in [-0.05, 0) is 68.4 Å². The van der Waals surface area contributed by atoms with Crippen molar-refractivity contribution in [2.45, 2.75) is 141 Å². The first-order valence-electron chi connectivity index (χ1n) is 12.2. The van der Waals surface area contributed by atoms with Gasteiger partial charge in [0, 0.05) is 12.5 Å². The summed E-state index contributed by atoms with van der Waals surface area (Å²) in [5, 5.41) is 0.394. The highest BCUT2D eigenvalue weighted by atomic mass is 28.4. The molecule has 4 nitrogen and oxygen atoms in total. The maximum absolute atomic E-state index is 6.96. The zero-order valence-corrected chi connectivity index (χ0v) is 23.8. The molecule has 1 saturated heterocycles. The maximum atomic E-state index is 6.96. The van der Waals surface area contributed by atoms with Gasteiger partial charge in [0.05, 0.1) is 18.3 Å². The third kappa shape index (κ3) is 6.64. The van der Waals surface area contributed by atoms with E-state index in [4.69, 9.17) is 18.3 Å². The molecule has 1 aliphatic carbocycles. The molecule has 2 fully saturated rings. The molecule has 3 atom stereocenters. The summed E-state index contributed by atoms with van der Waals surface area (Å²) < 4.78 is 26.3. The molecule has 6 heteroatoms. The largest absolute Gasteiger partial charge is 0.413 e. The van der Waals surface area contributed by atoms with Crippen LogP contribution in [0.4, 0.5) is 0 Å². The molecule has 1 saturated carbocycles. The molecular weight excluding hydrogens is 408 g/mol. The zero-order chi connectivity index (χ0) is 23.0. The quantitative estimate of drug-likeness (QED) is 0.397. The summed E-state index contributed by atoms with van der Waals surface area (Å²) in [6, 6.07) is 0. The van der Waals surface area contributed by atoms with Gasteiger partial charge in [0.15, 0.2) is 22.9 Å². The van der Waals surface area contributed by atoms with Crippen molar-refractivity contribution in [2.75, 3.05) is 6.61 Å². The van der Waals surface area contributed by atoms with Gasteiger partial charge in [-0.2, -0.15) is 0 Å². The van der Waals surface area contributed by atoms with Gasteiger partial charge < -0.3 is 18.3 Å². The Balaban J connectivity index is 2.20. The standard InChI is InChI=1S/C24H50O4Si2/c1-18-20(27-29(8,9)23(2,3)4)16-19(26-22-14-12-13-15-25-22)17-21(18)28-30(10,11)24(5,6)7/h18-22H,12-17H2,1-11H3/t18?,19?,20-,21-,22?/m1/s1. The van der Waals surface area contributed by atoms with E-state index in [1.165, 1.54) is 6.42 Å². The summed E-state index contributed by atoms with van der Waals surface area (Å²) in [5.74, 6) is 0.375. The van der Waals surface area contributed by atoms with Crippen molar-refractivity contribution in [1.82, 2.24) is 0 Å². The summed E-state index contributed by atoms with van der Waals surface area (Å²) in [6.45, 7) is 26.5. The molecule has 1 heterocycles. The van der Waals surface area contributed by atoms with Gasteiger partial charge in [-0.15, -0.1) is 0 Å². The van der Waals surface area contributed by atoms with Gasteiger partial charge in [0.2, 0.25) is 0 Å². The van der Waals surface area contributed by atoms with Crippen LogP contribution < -0.4 is 0 Å². The Labute approximate surface area is 189 Å². The van der Waals surface area contributed by atoms with Gasteiger partial charge in [0.25, 0.3) is 0 Å². The molecule has 0 N–H and O–H groups in total. The highest BCUT2D eigenvalue weighted by Gasteiger charge is 2.47. The number of hydrogen-bond acceptors (Lipinski definition) is 4. The van der Waals surface area contributed by atoms with Crippen LogP contribution in [0.15, 0.2) is 0 Å². The number of hydrogen-bond donors (Lipinski definition) is 0. The second kappa shape index (κ2) is 9.64. The van der Waals surface area contributed by atoms with E-state index in [1.807, 2.05) is 0 Å². The number of ether oxygens (including phenoxy) is 2. The monoisotopic (exact) mass is 458 g/mol. The third-order valence-corrected chi connectivity index (χ3v) is 17.2. The topological polar surface area (TPSA) is 36.9 Å². The van der Waals surface area contributed by atoms with Crippen LogP contribution in [0.5, 0.6) is 0 Å². The second-order valence-corrected chi connectivity index (χ2v) is 22.2. The Kier molecular flexibility index (Phi) is 8.52. The van der Waals surface area contributed by atoms with Gasteiger partial charge in [-0.1, -0.05) is 48.5 Å². The van der Waals surface area contributed by atoms with Crippen LogP contribution in [0.25, 0.3) is 0 Å². The first kappa shape index (κ1) is 26.5. The lowest BCUT2D eigenvalue weighted by molar-refractivity contribution is -0.208. The van der Waals surface area contributed by atoms with Crippen LogP contribution >= 0.6 is 0 Å². The van der Waals surface area contributed by atoms with Crippen molar-refractivity contribution in [1.29, 1.82) is 0 Å².